The van der Waals surface area contributed by atoms with Crippen LogP contribution in [0, 0.1) is 0 Å². The number of hydrogen-bond donors (Lipinski definition) is 0. The summed E-state index contributed by atoms with van der Waals surface area (Å²) in [6, 6.07) is 49.3. The first-order valence-corrected chi connectivity index (χ1v) is 16.9. The Morgan fingerprint density at radius 2 is 1.20 bits per heavy atom. The lowest BCUT2D eigenvalue weighted by molar-refractivity contribution is 0.450. The Kier molecular flexibility index (Phi) is 5.12. The number of anilines is 3. The van der Waals surface area contributed by atoms with Gasteiger partial charge in [0.15, 0.2) is 23.0 Å². The summed E-state index contributed by atoms with van der Waals surface area (Å²) >= 11 is 0. The van der Waals surface area contributed by atoms with Crippen molar-refractivity contribution >= 4 is 71.7 Å². The number of benzene rings is 7. The Labute approximate surface area is 290 Å². The van der Waals surface area contributed by atoms with E-state index in [2.05, 4.69) is 82.3 Å². The molecule has 0 spiro atoms. The number of rotatable bonds is 2. The number of furan rings is 1. The standard InChI is InChI=1S/C44H24N4O3/c1-4-17-30-27(13-1)40(29-16-11-15-26-25-12-3-8-21-35(25)50-42(26)29)46-44(45-30)48-31-18-5-2-14-28(31)39-34(48)24-38-41-43(39)51-37-23-10-7-20-33(37)47(41)32-19-6-9-22-36(32)49-38/h1-24H. The van der Waals surface area contributed by atoms with Crippen molar-refractivity contribution in [2.24, 2.45) is 0 Å². The first-order valence-electron chi connectivity index (χ1n) is 16.9. The van der Waals surface area contributed by atoms with E-state index in [1.807, 2.05) is 72.8 Å². The Bertz CT molecular complexity index is 3110. The number of nitrogens with zero attached hydrogens (tertiary/aromatic N) is 4. The van der Waals surface area contributed by atoms with Crippen molar-refractivity contribution in [1.82, 2.24) is 14.5 Å². The fraction of sp³-hybridized carbons (Fsp3) is 0. The molecule has 12 rings (SSSR count). The molecule has 7 aromatic carbocycles. The van der Waals surface area contributed by atoms with Crippen LogP contribution >= 0.6 is 0 Å². The summed E-state index contributed by atoms with van der Waals surface area (Å²) in [6.45, 7) is 0. The van der Waals surface area contributed by atoms with Crippen molar-refractivity contribution in [3.63, 3.8) is 0 Å². The van der Waals surface area contributed by atoms with Gasteiger partial charge >= 0.3 is 0 Å². The Morgan fingerprint density at radius 1 is 0.510 bits per heavy atom. The van der Waals surface area contributed by atoms with Gasteiger partial charge in [-0.3, -0.25) is 9.47 Å². The second kappa shape index (κ2) is 9.74. The highest BCUT2D eigenvalue weighted by molar-refractivity contribution is 6.17. The molecular weight excluding hydrogens is 633 g/mol. The average Bonchev–Trinajstić information content (AvgIpc) is 3.73. The molecule has 0 saturated carbocycles. The van der Waals surface area contributed by atoms with E-state index in [9.17, 15) is 0 Å². The molecule has 0 saturated heterocycles. The van der Waals surface area contributed by atoms with Gasteiger partial charge in [-0.1, -0.05) is 91.0 Å². The van der Waals surface area contributed by atoms with Crippen molar-refractivity contribution < 1.29 is 13.9 Å². The van der Waals surface area contributed by atoms with Crippen LogP contribution in [0.15, 0.2) is 150 Å². The number of hydrogen-bond acceptors (Lipinski definition) is 6. The molecule has 0 aliphatic carbocycles. The predicted molar refractivity (Wildman–Crippen MR) is 201 cm³/mol. The van der Waals surface area contributed by atoms with E-state index < -0.39 is 0 Å². The van der Waals surface area contributed by atoms with Gasteiger partial charge in [-0.15, -0.1) is 0 Å². The summed E-state index contributed by atoms with van der Waals surface area (Å²) in [7, 11) is 0. The molecule has 10 aromatic rings. The third-order valence-electron chi connectivity index (χ3n) is 10.2. The maximum absolute atomic E-state index is 6.86. The molecule has 0 N–H and O–H groups in total. The third-order valence-corrected chi connectivity index (χ3v) is 10.2. The summed E-state index contributed by atoms with van der Waals surface area (Å²) < 4.78 is 22.2. The Balaban J connectivity index is 1.18. The number of aromatic nitrogens is 3. The Hall–Kier alpha value is -7.12. The van der Waals surface area contributed by atoms with Gasteiger partial charge in [-0.05, 0) is 48.5 Å². The molecule has 0 bridgehead atoms. The van der Waals surface area contributed by atoms with Gasteiger partial charge in [0.25, 0.3) is 0 Å². The van der Waals surface area contributed by atoms with Crippen LogP contribution in [0.5, 0.6) is 23.0 Å². The maximum atomic E-state index is 6.86. The highest BCUT2D eigenvalue weighted by Crippen LogP contribution is 2.62. The molecular formula is C44H24N4O3. The number of para-hydroxylation sites is 8. The van der Waals surface area contributed by atoms with E-state index in [0.717, 1.165) is 100 Å². The molecule has 7 heteroatoms. The minimum absolute atomic E-state index is 0.541. The van der Waals surface area contributed by atoms with Gasteiger partial charge in [0.05, 0.1) is 39.0 Å². The van der Waals surface area contributed by atoms with Crippen LogP contribution in [-0.4, -0.2) is 14.5 Å². The molecule has 0 atom stereocenters. The summed E-state index contributed by atoms with van der Waals surface area (Å²) in [5.41, 5.74) is 8.83. The van der Waals surface area contributed by atoms with E-state index in [1.54, 1.807) is 0 Å². The SMILES string of the molecule is c1ccc2c(c1)Oc1cc3c(c4c1N2c1ccccc1O4)c1ccccc1n3-c1nc(-c2cccc3c2oc2ccccc23)c2ccccc2n1. The number of ether oxygens (including phenoxy) is 2. The van der Waals surface area contributed by atoms with Crippen molar-refractivity contribution in [3.8, 4) is 40.2 Å². The van der Waals surface area contributed by atoms with Crippen LogP contribution in [0.25, 0.3) is 71.9 Å². The van der Waals surface area contributed by atoms with Gasteiger partial charge in [-0.2, -0.15) is 0 Å². The van der Waals surface area contributed by atoms with E-state index in [-0.39, 0.29) is 0 Å². The van der Waals surface area contributed by atoms with E-state index in [4.69, 9.17) is 23.9 Å². The molecule has 0 fully saturated rings. The molecule has 5 heterocycles. The molecule has 0 radical (unpaired) electrons. The van der Waals surface area contributed by atoms with Crippen LogP contribution in [0.2, 0.25) is 0 Å². The van der Waals surface area contributed by atoms with E-state index in [0.29, 0.717) is 11.7 Å². The zero-order valence-electron chi connectivity index (χ0n) is 26.9. The fourth-order valence-electron chi connectivity index (χ4n) is 8.02. The summed E-state index contributed by atoms with van der Waals surface area (Å²) in [4.78, 5) is 12.9. The predicted octanol–water partition coefficient (Wildman–Crippen LogP) is 12.0. The van der Waals surface area contributed by atoms with Crippen molar-refractivity contribution in [2.45, 2.75) is 0 Å². The van der Waals surface area contributed by atoms with Crippen LogP contribution < -0.4 is 14.4 Å². The van der Waals surface area contributed by atoms with Gasteiger partial charge in [0, 0.05) is 33.2 Å². The minimum Gasteiger partial charge on any atom is -0.455 e. The summed E-state index contributed by atoms with van der Waals surface area (Å²) in [5.74, 6) is 3.53. The molecule has 51 heavy (non-hydrogen) atoms. The molecule has 0 unspecified atom stereocenters. The largest absolute Gasteiger partial charge is 0.455 e. The minimum atomic E-state index is 0.541. The average molecular weight is 657 g/mol. The van der Waals surface area contributed by atoms with Crippen LogP contribution in [0.1, 0.15) is 0 Å². The molecule has 0 amide bonds. The normalized spacial score (nSPS) is 13.0. The zero-order chi connectivity index (χ0) is 33.2. The van der Waals surface area contributed by atoms with Crippen molar-refractivity contribution in [2.75, 3.05) is 4.90 Å². The van der Waals surface area contributed by atoms with E-state index >= 15 is 0 Å². The number of fused-ring (bicyclic) bond motifs is 12. The lowest BCUT2D eigenvalue weighted by Gasteiger charge is -2.38. The van der Waals surface area contributed by atoms with Gasteiger partial charge in [-0.25, -0.2) is 9.97 Å². The van der Waals surface area contributed by atoms with Gasteiger partial charge in [0.1, 0.15) is 16.9 Å². The molecule has 3 aromatic heterocycles. The van der Waals surface area contributed by atoms with Crippen LogP contribution in [0.4, 0.5) is 17.1 Å². The van der Waals surface area contributed by atoms with Gasteiger partial charge < -0.3 is 13.9 Å². The molecule has 2 aliphatic heterocycles. The lowest BCUT2D eigenvalue weighted by Crippen LogP contribution is -2.20. The smallest absolute Gasteiger partial charge is 0.235 e. The summed E-state index contributed by atoms with van der Waals surface area (Å²) in [5, 5.41) is 5.06. The quantitative estimate of drug-likeness (QED) is 0.184. The monoisotopic (exact) mass is 656 g/mol. The first-order chi connectivity index (χ1) is 25.3. The second-order valence-electron chi connectivity index (χ2n) is 12.9. The summed E-state index contributed by atoms with van der Waals surface area (Å²) in [6.07, 6.45) is 0. The topological polar surface area (TPSA) is 65.6 Å². The highest BCUT2D eigenvalue weighted by Gasteiger charge is 2.37. The molecule has 2 aliphatic rings. The van der Waals surface area contributed by atoms with Gasteiger partial charge in [0.2, 0.25) is 5.95 Å². The van der Waals surface area contributed by atoms with Crippen LogP contribution in [0.3, 0.4) is 0 Å². The van der Waals surface area contributed by atoms with Crippen LogP contribution in [-0.2, 0) is 0 Å². The molecule has 238 valence electrons. The first kappa shape index (κ1) is 26.8. The maximum Gasteiger partial charge on any atom is 0.235 e. The zero-order valence-corrected chi connectivity index (χ0v) is 26.9. The fourth-order valence-corrected chi connectivity index (χ4v) is 8.02. The third kappa shape index (κ3) is 3.56. The van der Waals surface area contributed by atoms with Crippen molar-refractivity contribution in [3.05, 3.63) is 146 Å². The van der Waals surface area contributed by atoms with Crippen molar-refractivity contribution in [1.29, 1.82) is 0 Å². The molecule has 7 nitrogen and oxygen atoms in total. The highest BCUT2D eigenvalue weighted by atomic mass is 16.5. The second-order valence-corrected chi connectivity index (χ2v) is 12.9. The Morgan fingerprint density at radius 3 is 2.06 bits per heavy atom. The van der Waals surface area contributed by atoms with E-state index in [1.165, 1.54) is 0 Å². The lowest BCUT2D eigenvalue weighted by atomic mass is 10.0.